The summed E-state index contributed by atoms with van der Waals surface area (Å²) in [6, 6.07) is 0. The summed E-state index contributed by atoms with van der Waals surface area (Å²) in [5, 5.41) is 0. The quantitative estimate of drug-likeness (QED) is 0.268. The third kappa shape index (κ3) is 14.8. The Morgan fingerprint density at radius 1 is 1.04 bits per heavy atom. The fourth-order valence-corrected chi connectivity index (χ4v) is 3.77. The average Bonchev–Trinajstić information content (AvgIpc) is 2.42. The van der Waals surface area contributed by atoms with Crippen LogP contribution in [0.25, 0.3) is 0 Å². The van der Waals surface area contributed by atoms with E-state index in [-0.39, 0.29) is 12.5 Å². The maximum atomic E-state index is 10.6. The highest BCUT2D eigenvalue weighted by atomic mass is 31.3. The minimum Gasteiger partial charge on any atom is -0.300 e. The van der Waals surface area contributed by atoms with Crippen molar-refractivity contribution >= 4 is 16.0 Å². The molecule has 0 aliphatic carbocycles. The van der Waals surface area contributed by atoms with Crippen molar-refractivity contribution < 1.29 is 33.0 Å². The van der Waals surface area contributed by atoms with Crippen LogP contribution in [0.15, 0.2) is 34.9 Å². The summed E-state index contributed by atoms with van der Waals surface area (Å²) in [5.74, 6) is 0.241. The Bertz CT molecular complexity index is 555. The summed E-state index contributed by atoms with van der Waals surface area (Å²) in [4.78, 5) is 35.9. The monoisotopic (exact) mass is 411 g/mol. The molecule has 26 heavy (non-hydrogen) atoms. The van der Waals surface area contributed by atoms with Crippen molar-refractivity contribution in [3.63, 3.8) is 0 Å². The number of phosphoric acid groups is 1. The van der Waals surface area contributed by atoms with Gasteiger partial charge in [0.25, 0.3) is 0 Å². The van der Waals surface area contributed by atoms with Gasteiger partial charge in [-0.25, -0.2) is 4.57 Å². The van der Waals surface area contributed by atoms with Gasteiger partial charge in [-0.2, -0.15) is 9.79 Å². The van der Waals surface area contributed by atoms with E-state index in [9.17, 15) is 14.4 Å². The summed E-state index contributed by atoms with van der Waals surface area (Å²) in [6.45, 7) is 10.1. The number of rotatable bonds is 12. The van der Waals surface area contributed by atoms with Crippen LogP contribution in [0.3, 0.4) is 0 Å². The second-order valence-corrected chi connectivity index (χ2v) is 9.58. The highest BCUT2D eigenvalue weighted by molar-refractivity contribution is 7.64. The zero-order chi connectivity index (χ0) is 20.4. The first-order chi connectivity index (χ1) is 11.8. The second kappa shape index (κ2) is 12.2. The Morgan fingerprint density at radius 2 is 1.62 bits per heavy atom. The van der Waals surface area contributed by atoms with E-state index in [1.807, 2.05) is 13.8 Å². The highest BCUT2D eigenvalue weighted by Crippen LogP contribution is 2.63. The molecular weight excluding hydrogens is 378 g/mol. The Hall–Kier alpha value is -0.360. The molecule has 9 heteroatoms. The van der Waals surface area contributed by atoms with Gasteiger partial charge in [0.05, 0.1) is 0 Å². The standard InChI is InChI=1S/C17H32O7P2/c1-14(2)8-6-9-16(5)10-7-11-17(15(3)4)12-13-23-26(21,22)24-25(18,19)20/h8,10,12,15,21-22H,6-7,9,11,13H2,1-5H3,(H-,18,19,20)/p+1/b16-10+,17-12-. The fraction of sp³-hybridized carbons (Fsp3) is 0.647. The molecule has 0 atom stereocenters. The first-order valence-corrected chi connectivity index (χ1v) is 11.6. The highest BCUT2D eigenvalue weighted by Gasteiger charge is 2.47. The van der Waals surface area contributed by atoms with Gasteiger partial charge in [-0.1, -0.05) is 48.8 Å². The SMILES string of the molecule is CC(C)=CCC/C(C)=C/CC/C(=C/CO[P+](O)(O)OP(=O)(O)O)C(C)C. The normalized spacial score (nSPS) is 14.1. The second-order valence-electron chi connectivity index (χ2n) is 6.70. The van der Waals surface area contributed by atoms with Crippen LogP contribution in [0.1, 0.15) is 60.3 Å². The largest absolute Gasteiger partial charge is 0.580 e. The molecule has 152 valence electrons. The fourth-order valence-electron chi connectivity index (χ4n) is 2.21. The first-order valence-electron chi connectivity index (χ1n) is 8.56. The van der Waals surface area contributed by atoms with E-state index >= 15 is 0 Å². The molecule has 0 rings (SSSR count). The van der Waals surface area contributed by atoms with E-state index in [0.29, 0.717) is 0 Å². The molecule has 0 aliphatic rings. The van der Waals surface area contributed by atoms with Crippen molar-refractivity contribution in [3.05, 3.63) is 34.9 Å². The minimum atomic E-state index is -5.02. The molecule has 0 heterocycles. The molecule has 7 nitrogen and oxygen atoms in total. The van der Waals surface area contributed by atoms with E-state index in [2.05, 4.69) is 37.2 Å². The molecule has 0 aromatic heterocycles. The van der Waals surface area contributed by atoms with Crippen LogP contribution in [-0.4, -0.2) is 26.2 Å². The Morgan fingerprint density at radius 3 is 2.12 bits per heavy atom. The van der Waals surface area contributed by atoms with Gasteiger partial charge in [-0.05, 0) is 56.7 Å². The van der Waals surface area contributed by atoms with Gasteiger partial charge in [0.1, 0.15) is 6.61 Å². The van der Waals surface area contributed by atoms with E-state index < -0.39 is 16.0 Å². The topological polar surface area (TPSA) is 116 Å². The molecule has 0 spiro atoms. The minimum absolute atomic E-state index is 0.197. The lowest BCUT2D eigenvalue weighted by molar-refractivity contribution is 0.159. The van der Waals surface area contributed by atoms with Crippen LogP contribution in [0.2, 0.25) is 0 Å². The summed E-state index contributed by atoms with van der Waals surface area (Å²) >= 11 is 0. The van der Waals surface area contributed by atoms with E-state index in [4.69, 9.17) is 14.3 Å². The predicted molar refractivity (Wildman–Crippen MR) is 105 cm³/mol. The maximum Gasteiger partial charge on any atom is 0.580 e. The molecule has 0 amide bonds. The number of hydrogen-bond donors (Lipinski definition) is 4. The van der Waals surface area contributed by atoms with Gasteiger partial charge in [0.2, 0.25) is 0 Å². The van der Waals surface area contributed by atoms with Gasteiger partial charge in [0.15, 0.2) is 0 Å². The molecule has 0 aromatic rings. The lowest BCUT2D eigenvalue weighted by Crippen LogP contribution is -2.02. The van der Waals surface area contributed by atoms with Crippen LogP contribution >= 0.6 is 16.0 Å². The average molecular weight is 411 g/mol. The van der Waals surface area contributed by atoms with Crippen LogP contribution < -0.4 is 0 Å². The molecule has 0 fully saturated rings. The van der Waals surface area contributed by atoms with Crippen molar-refractivity contribution in [3.8, 4) is 0 Å². The lowest BCUT2D eigenvalue weighted by atomic mass is 9.97. The van der Waals surface area contributed by atoms with Gasteiger partial charge >= 0.3 is 16.0 Å². The number of hydrogen-bond acceptors (Lipinski definition) is 5. The van der Waals surface area contributed by atoms with Crippen molar-refractivity contribution in [2.24, 2.45) is 5.92 Å². The van der Waals surface area contributed by atoms with Crippen LogP contribution in [0.5, 0.6) is 0 Å². The van der Waals surface area contributed by atoms with Crippen LogP contribution in [0, 0.1) is 5.92 Å². The van der Waals surface area contributed by atoms with Crippen molar-refractivity contribution in [2.45, 2.75) is 60.3 Å². The molecule has 0 aromatic carbocycles. The smallest absolute Gasteiger partial charge is 0.300 e. The third-order valence-electron chi connectivity index (χ3n) is 3.56. The molecule has 0 radical (unpaired) electrons. The molecule has 0 aliphatic heterocycles. The summed E-state index contributed by atoms with van der Waals surface area (Å²) in [6.07, 6.45) is 9.82. The third-order valence-corrected chi connectivity index (χ3v) is 5.75. The zero-order valence-electron chi connectivity index (χ0n) is 16.3. The molecule has 0 saturated heterocycles. The van der Waals surface area contributed by atoms with Gasteiger partial charge in [-0.15, -0.1) is 4.52 Å². The summed E-state index contributed by atoms with van der Waals surface area (Å²) < 4.78 is 19.2. The molecular formula is C17H33O7P2+. The zero-order valence-corrected chi connectivity index (χ0v) is 18.0. The summed E-state index contributed by atoms with van der Waals surface area (Å²) in [7, 11) is -9.56. The Balaban J connectivity index is 4.54. The van der Waals surface area contributed by atoms with Gasteiger partial charge in [-0.3, -0.25) is 0 Å². The summed E-state index contributed by atoms with van der Waals surface area (Å²) in [5.41, 5.74) is 3.71. The first kappa shape index (κ1) is 25.6. The molecule has 0 saturated carbocycles. The Labute approximate surface area is 157 Å². The van der Waals surface area contributed by atoms with E-state index in [1.54, 1.807) is 6.08 Å². The molecule has 0 unspecified atom stereocenters. The van der Waals surface area contributed by atoms with Crippen molar-refractivity contribution in [1.82, 2.24) is 0 Å². The van der Waals surface area contributed by atoms with Crippen LogP contribution in [-0.2, 0) is 13.4 Å². The maximum absolute atomic E-state index is 10.6. The number of allylic oxidation sites excluding steroid dienone is 5. The van der Waals surface area contributed by atoms with E-state index in [0.717, 1.165) is 31.3 Å². The molecule has 0 bridgehead atoms. The van der Waals surface area contributed by atoms with Crippen molar-refractivity contribution in [1.29, 1.82) is 0 Å². The lowest BCUT2D eigenvalue weighted by Gasteiger charge is -2.12. The van der Waals surface area contributed by atoms with Gasteiger partial charge < -0.3 is 9.79 Å². The van der Waals surface area contributed by atoms with Crippen LogP contribution in [0.4, 0.5) is 0 Å². The predicted octanol–water partition coefficient (Wildman–Crippen LogP) is 4.83. The molecule has 4 N–H and O–H groups in total. The van der Waals surface area contributed by atoms with Gasteiger partial charge in [0, 0.05) is 0 Å². The Kier molecular flexibility index (Phi) is 12.0. The van der Waals surface area contributed by atoms with Crippen molar-refractivity contribution in [2.75, 3.05) is 6.61 Å². The van der Waals surface area contributed by atoms with E-state index in [1.165, 1.54) is 11.1 Å².